The van der Waals surface area contributed by atoms with Gasteiger partial charge in [0.2, 0.25) is 0 Å². The summed E-state index contributed by atoms with van der Waals surface area (Å²) in [5.74, 6) is 0. The van der Waals surface area contributed by atoms with Crippen molar-refractivity contribution in [3.05, 3.63) is 39.7 Å². The molecular weight excluding hydrogens is 190 g/mol. The maximum atomic E-state index is 4.50. The van der Waals surface area contributed by atoms with Crippen molar-refractivity contribution in [3.8, 4) is 11.3 Å². The summed E-state index contributed by atoms with van der Waals surface area (Å²) in [5.41, 5.74) is 4.94. The Labute approximate surface area is 88.4 Å². The molecule has 0 aliphatic heterocycles. The first-order chi connectivity index (χ1) is 6.66. The topological polar surface area (TPSA) is 12.9 Å². The summed E-state index contributed by atoms with van der Waals surface area (Å²) in [6, 6.07) is 6.49. The molecule has 1 nitrogen and oxygen atoms in total. The zero-order chi connectivity index (χ0) is 10.1. The minimum atomic E-state index is 1.11. The Morgan fingerprint density at radius 3 is 2.57 bits per heavy atom. The van der Waals surface area contributed by atoms with E-state index in [1.807, 2.05) is 6.92 Å². The average Bonchev–Trinajstić information content (AvgIpc) is 2.56. The van der Waals surface area contributed by atoms with Gasteiger partial charge in [-0.2, -0.15) is 0 Å². The highest BCUT2D eigenvalue weighted by Gasteiger charge is 2.04. The van der Waals surface area contributed by atoms with Crippen LogP contribution in [-0.4, -0.2) is 4.98 Å². The first-order valence-corrected chi connectivity index (χ1v) is 5.54. The lowest BCUT2D eigenvalue weighted by Crippen LogP contribution is -1.84. The third kappa shape index (κ3) is 1.70. The minimum absolute atomic E-state index is 1.11. The summed E-state index contributed by atoms with van der Waals surface area (Å²) in [4.78, 5) is 4.50. The van der Waals surface area contributed by atoms with E-state index in [2.05, 4.69) is 42.4 Å². The van der Waals surface area contributed by atoms with Gasteiger partial charge in [0.25, 0.3) is 0 Å². The lowest BCUT2D eigenvalue weighted by atomic mass is 10.0. The summed E-state index contributed by atoms with van der Waals surface area (Å²) in [6.07, 6.45) is 0. The average molecular weight is 203 g/mol. The Morgan fingerprint density at radius 2 is 1.93 bits per heavy atom. The fourth-order valence-electron chi connectivity index (χ4n) is 1.50. The van der Waals surface area contributed by atoms with Crippen LogP contribution in [0, 0.1) is 20.8 Å². The van der Waals surface area contributed by atoms with Gasteiger partial charge in [0, 0.05) is 10.9 Å². The smallest absolute Gasteiger partial charge is 0.0901 e. The van der Waals surface area contributed by atoms with Crippen LogP contribution in [0.5, 0.6) is 0 Å². The minimum Gasteiger partial charge on any atom is -0.242 e. The van der Waals surface area contributed by atoms with E-state index in [4.69, 9.17) is 0 Å². The molecule has 2 aromatic rings. The second-order valence-electron chi connectivity index (χ2n) is 3.57. The zero-order valence-corrected chi connectivity index (χ0v) is 9.48. The molecule has 0 N–H and O–H groups in total. The first kappa shape index (κ1) is 9.41. The van der Waals surface area contributed by atoms with Crippen molar-refractivity contribution < 1.29 is 0 Å². The second-order valence-corrected chi connectivity index (χ2v) is 4.63. The molecule has 0 atom stereocenters. The van der Waals surface area contributed by atoms with E-state index in [9.17, 15) is 0 Å². The van der Waals surface area contributed by atoms with Crippen LogP contribution in [0.4, 0.5) is 0 Å². The van der Waals surface area contributed by atoms with Gasteiger partial charge >= 0.3 is 0 Å². The number of benzene rings is 1. The monoisotopic (exact) mass is 203 g/mol. The number of aromatic nitrogens is 1. The van der Waals surface area contributed by atoms with Crippen molar-refractivity contribution in [1.29, 1.82) is 0 Å². The first-order valence-electron chi connectivity index (χ1n) is 4.66. The van der Waals surface area contributed by atoms with Crippen LogP contribution in [0.1, 0.15) is 16.1 Å². The number of aryl methyl sites for hydroxylation is 3. The van der Waals surface area contributed by atoms with Crippen LogP contribution in [0.2, 0.25) is 0 Å². The Kier molecular flexibility index (Phi) is 2.38. The van der Waals surface area contributed by atoms with Crippen molar-refractivity contribution in [3.63, 3.8) is 0 Å². The fourth-order valence-corrected chi connectivity index (χ4v) is 2.11. The third-order valence-electron chi connectivity index (χ3n) is 2.29. The van der Waals surface area contributed by atoms with E-state index in [1.54, 1.807) is 11.3 Å². The molecule has 1 aromatic heterocycles. The van der Waals surface area contributed by atoms with Crippen molar-refractivity contribution in [2.45, 2.75) is 20.8 Å². The lowest BCUT2D eigenvalue weighted by Gasteiger charge is -2.03. The fraction of sp³-hybridized carbons (Fsp3) is 0.250. The molecule has 2 heteroatoms. The maximum absolute atomic E-state index is 4.50. The third-order valence-corrected chi connectivity index (χ3v) is 3.06. The quantitative estimate of drug-likeness (QED) is 0.688. The number of rotatable bonds is 1. The summed E-state index contributed by atoms with van der Waals surface area (Å²) in [7, 11) is 0. The number of hydrogen-bond acceptors (Lipinski definition) is 2. The van der Waals surface area contributed by atoms with Crippen LogP contribution in [-0.2, 0) is 0 Å². The SMILES string of the molecule is Cc1ccc(C)c(-c2csc(C)n2)c1. The van der Waals surface area contributed by atoms with Gasteiger partial charge in [0.05, 0.1) is 10.7 Å². The van der Waals surface area contributed by atoms with Gasteiger partial charge in [-0.3, -0.25) is 0 Å². The summed E-state index contributed by atoms with van der Waals surface area (Å²) < 4.78 is 0. The molecule has 0 saturated heterocycles. The van der Waals surface area contributed by atoms with Crippen molar-refractivity contribution >= 4 is 11.3 Å². The molecule has 0 saturated carbocycles. The van der Waals surface area contributed by atoms with Crippen LogP contribution >= 0.6 is 11.3 Å². The second kappa shape index (κ2) is 3.54. The van der Waals surface area contributed by atoms with E-state index < -0.39 is 0 Å². The molecule has 14 heavy (non-hydrogen) atoms. The molecule has 2 rings (SSSR count). The van der Waals surface area contributed by atoms with Crippen LogP contribution in [0.25, 0.3) is 11.3 Å². The van der Waals surface area contributed by atoms with Gasteiger partial charge < -0.3 is 0 Å². The standard InChI is InChI=1S/C12H13NS/c1-8-4-5-9(2)11(6-8)12-7-14-10(3)13-12/h4-7H,1-3H3. The van der Waals surface area contributed by atoms with Crippen LogP contribution in [0.3, 0.4) is 0 Å². The van der Waals surface area contributed by atoms with E-state index in [0.29, 0.717) is 0 Å². The summed E-state index contributed by atoms with van der Waals surface area (Å²) >= 11 is 1.70. The summed E-state index contributed by atoms with van der Waals surface area (Å²) in [6.45, 7) is 6.28. The molecule has 1 heterocycles. The van der Waals surface area contributed by atoms with Crippen LogP contribution in [0.15, 0.2) is 23.6 Å². The van der Waals surface area contributed by atoms with Gasteiger partial charge in [0.15, 0.2) is 0 Å². The Hall–Kier alpha value is -1.15. The molecular formula is C12H13NS. The molecule has 72 valence electrons. The molecule has 1 aromatic carbocycles. The van der Waals surface area contributed by atoms with Gasteiger partial charge in [-0.25, -0.2) is 4.98 Å². The lowest BCUT2D eigenvalue weighted by molar-refractivity contribution is 1.28. The van der Waals surface area contributed by atoms with E-state index in [1.165, 1.54) is 16.7 Å². The van der Waals surface area contributed by atoms with Gasteiger partial charge in [-0.05, 0) is 32.4 Å². The van der Waals surface area contributed by atoms with E-state index in [0.717, 1.165) is 10.7 Å². The highest BCUT2D eigenvalue weighted by Crippen LogP contribution is 2.25. The highest BCUT2D eigenvalue weighted by molar-refractivity contribution is 7.09. The zero-order valence-electron chi connectivity index (χ0n) is 8.66. The molecule has 0 amide bonds. The number of nitrogens with zero attached hydrogens (tertiary/aromatic N) is 1. The Bertz CT molecular complexity index is 457. The van der Waals surface area contributed by atoms with Crippen molar-refractivity contribution in [2.24, 2.45) is 0 Å². The van der Waals surface area contributed by atoms with Crippen LogP contribution < -0.4 is 0 Å². The normalized spacial score (nSPS) is 10.5. The molecule has 0 aliphatic carbocycles. The van der Waals surface area contributed by atoms with E-state index in [-0.39, 0.29) is 0 Å². The van der Waals surface area contributed by atoms with Crippen molar-refractivity contribution in [2.75, 3.05) is 0 Å². The molecule has 0 radical (unpaired) electrons. The predicted molar refractivity (Wildman–Crippen MR) is 61.8 cm³/mol. The molecule has 0 bridgehead atoms. The van der Waals surface area contributed by atoms with E-state index >= 15 is 0 Å². The molecule has 0 fully saturated rings. The van der Waals surface area contributed by atoms with Gasteiger partial charge in [-0.1, -0.05) is 17.7 Å². The Balaban J connectivity index is 2.55. The maximum Gasteiger partial charge on any atom is 0.0901 e. The summed E-state index contributed by atoms with van der Waals surface area (Å²) in [5, 5.41) is 3.25. The van der Waals surface area contributed by atoms with Gasteiger partial charge in [-0.15, -0.1) is 11.3 Å². The Morgan fingerprint density at radius 1 is 1.14 bits per heavy atom. The predicted octanol–water partition coefficient (Wildman–Crippen LogP) is 3.74. The molecule has 0 unspecified atom stereocenters. The highest BCUT2D eigenvalue weighted by atomic mass is 32.1. The molecule has 0 spiro atoms. The van der Waals surface area contributed by atoms with Gasteiger partial charge in [0.1, 0.15) is 0 Å². The number of hydrogen-bond donors (Lipinski definition) is 0. The number of thiazole rings is 1. The molecule has 0 aliphatic rings. The largest absolute Gasteiger partial charge is 0.242 e. The van der Waals surface area contributed by atoms with Crippen molar-refractivity contribution in [1.82, 2.24) is 4.98 Å².